The van der Waals surface area contributed by atoms with E-state index in [2.05, 4.69) is 4.98 Å². The van der Waals surface area contributed by atoms with E-state index in [1.54, 1.807) is 7.11 Å². The Balaban J connectivity index is 2.05. The van der Waals surface area contributed by atoms with Crippen molar-refractivity contribution in [3.63, 3.8) is 0 Å². The first-order valence-corrected chi connectivity index (χ1v) is 6.74. The zero-order valence-corrected chi connectivity index (χ0v) is 11.8. The molecule has 3 aromatic rings. The van der Waals surface area contributed by atoms with Gasteiger partial charge >= 0.3 is 0 Å². The van der Waals surface area contributed by atoms with Crippen LogP contribution in [0.15, 0.2) is 48.5 Å². The quantitative estimate of drug-likeness (QED) is 0.723. The second-order valence-electron chi connectivity index (χ2n) is 4.97. The molecule has 1 heterocycles. The fraction of sp³-hybridized carbons (Fsp3) is 0.118. The summed E-state index contributed by atoms with van der Waals surface area (Å²) in [6.45, 7) is 0. The molecule has 2 aromatic carbocycles. The van der Waals surface area contributed by atoms with E-state index in [0.717, 1.165) is 33.5 Å². The summed E-state index contributed by atoms with van der Waals surface area (Å²) >= 11 is 0. The SMILES string of the molecule is COc1ccccc1Cc1cc2cc(N)ccc2nc1N. The molecule has 0 amide bonds. The maximum atomic E-state index is 6.08. The number of fused-ring (bicyclic) bond motifs is 1. The van der Waals surface area contributed by atoms with Gasteiger partial charge in [-0.25, -0.2) is 4.98 Å². The molecule has 4 heteroatoms. The zero-order chi connectivity index (χ0) is 14.8. The summed E-state index contributed by atoms with van der Waals surface area (Å²) in [4.78, 5) is 4.45. The number of nitrogens with zero attached hydrogens (tertiary/aromatic N) is 1. The predicted molar refractivity (Wildman–Crippen MR) is 86.4 cm³/mol. The monoisotopic (exact) mass is 279 g/mol. The fourth-order valence-electron chi connectivity index (χ4n) is 2.45. The second kappa shape index (κ2) is 5.32. The molecular formula is C17H17N3O. The van der Waals surface area contributed by atoms with Crippen molar-refractivity contribution in [1.29, 1.82) is 0 Å². The first-order valence-electron chi connectivity index (χ1n) is 6.74. The van der Waals surface area contributed by atoms with Crippen molar-refractivity contribution < 1.29 is 4.74 Å². The number of hydrogen-bond donors (Lipinski definition) is 2. The minimum absolute atomic E-state index is 0.540. The van der Waals surface area contributed by atoms with Crippen molar-refractivity contribution in [3.8, 4) is 5.75 Å². The highest BCUT2D eigenvalue weighted by Gasteiger charge is 2.08. The Morgan fingerprint density at radius 3 is 2.62 bits per heavy atom. The third kappa shape index (κ3) is 2.60. The normalized spacial score (nSPS) is 10.7. The van der Waals surface area contributed by atoms with Crippen LogP contribution in [0.3, 0.4) is 0 Å². The number of ether oxygens (including phenoxy) is 1. The molecule has 21 heavy (non-hydrogen) atoms. The summed E-state index contributed by atoms with van der Waals surface area (Å²) in [5.74, 6) is 1.39. The van der Waals surface area contributed by atoms with E-state index in [9.17, 15) is 0 Å². The second-order valence-corrected chi connectivity index (χ2v) is 4.97. The van der Waals surface area contributed by atoms with Gasteiger partial charge in [0.15, 0.2) is 0 Å². The minimum Gasteiger partial charge on any atom is -0.496 e. The molecule has 0 aliphatic rings. The first kappa shape index (κ1) is 13.2. The van der Waals surface area contributed by atoms with Gasteiger partial charge in [0.05, 0.1) is 12.6 Å². The van der Waals surface area contributed by atoms with Crippen LogP contribution in [0.1, 0.15) is 11.1 Å². The van der Waals surface area contributed by atoms with Crippen molar-refractivity contribution >= 4 is 22.4 Å². The molecule has 0 saturated heterocycles. The molecule has 0 fully saturated rings. The fourth-order valence-corrected chi connectivity index (χ4v) is 2.45. The van der Waals surface area contributed by atoms with Gasteiger partial charge in [-0.05, 0) is 41.5 Å². The van der Waals surface area contributed by atoms with Crippen LogP contribution in [0.4, 0.5) is 11.5 Å². The molecule has 0 aliphatic heterocycles. The lowest BCUT2D eigenvalue weighted by Crippen LogP contribution is -2.01. The largest absolute Gasteiger partial charge is 0.496 e. The van der Waals surface area contributed by atoms with Gasteiger partial charge in [0.1, 0.15) is 11.6 Å². The van der Waals surface area contributed by atoms with Crippen LogP contribution in [0, 0.1) is 0 Å². The number of methoxy groups -OCH3 is 1. The lowest BCUT2D eigenvalue weighted by atomic mass is 10.0. The Bertz CT molecular complexity index is 799. The highest BCUT2D eigenvalue weighted by Crippen LogP contribution is 2.26. The van der Waals surface area contributed by atoms with E-state index >= 15 is 0 Å². The van der Waals surface area contributed by atoms with Crippen molar-refractivity contribution in [1.82, 2.24) is 4.98 Å². The third-order valence-electron chi connectivity index (χ3n) is 3.52. The number of anilines is 2. The number of nitrogen functional groups attached to an aromatic ring is 2. The third-order valence-corrected chi connectivity index (χ3v) is 3.52. The lowest BCUT2D eigenvalue weighted by molar-refractivity contribution is 0.410. The van der Waals surface area contributed by atoms with Gasteiger partial charge in [-0.2, -0.15) is 0 Å². The molecule has 0 spiro atoms. The number of rotatable bonds is 3. The zero-order valence-electron chi connectivity index (χ0n) is 11.8. The van der Waals surface area contributed by atoms with Crippen LogP contribution in [0.5, 0.6) is 5.75 Å². The molecule has 4 nitrogen and oxygen atoms in total. The Morgan fingerprint density at radius 2 is 1.81 bits per heavy atom. The molecule has 0 saturated carbocycles. The van der Waals surface area contributed by atoms with Crippen LogP contribution in [0.25, 0.3) is 10.9 Å². The van der Waals surface area contributed by atoms with E-state index in [0.29, 0.717) is 12.2 Å². The van der Waals surface area contributed by atoms with E-state index in [-0.39, 0.29) is 0 Å². The van der Waals surface area contributed by atoms with Gasteiger partial charge < -0.3 is 16.2 Å². The summed E-state index contributed by atoms with van der Waals surface area (Å²) in [6, 6.07) is 15.6. The molecule has 3 rings (SSSR count). The van der Waals surface area contributed by atoms with Crippen molar-refractivity contribution in [2.75, 3.05) is 18.6 Å². The molecule has 0 aliphatic carbocycles. The van der Waals surface area contributed by atoms with E-state index in [1.165, 1.54) is 0 Å². The van der Waals surface area contributed by atoms with E-state index < -0.39 is 0 Å². The summed E-state index contributed by atoms with van der Waals surface area (Å²) in [7, 11) is 1.67. The number of para-hydroxylation sites is 1. The number of hydrogen-bond acceptors (Lipinski definition) is 4. The van der Waals surface area contributed by atoms with Crippen LogP contribution < -0.4 is 16.2 Å². The molecule has 0 unspecified atom stereocenters. The number of benzene rings is 2. The van der Waals surface area contributed by atoms with Crippen LogP contribution in [0.2, 0.25) is 0 Å². The maximum absolute atomic E-state index is 6.08. The van der Waals surface area contributed by atoms with Gasteiger partial charge in [-0.3, -0.25) is 0 Å². The number of aromatic nitrogens is 1. The Kier molecular flexibility index (Phi) is 3.36. The Labute approximate surface area is 123 Å². The average Bonchev–Trinajstić information content (AvgIpc) is 2.49. The maximum Gasteiger partial charge on any atom is 0.127 e. The van der Waals surface area contributed by atoms with Gasteiger partial charge in [0.2, 0.25) is 0 Å². The highest BCUT2D eigenvalue weighted by molar-refractivity contribution is 5.84. The molecule has 0 bridgehead atoms. The minimum atomic E-state index is 0.540. The smallest absolute Gasteiger partial charge is 0.127 e. The van der Waals surface area contributed by atoms with Gasteiger partial charge in [-0.15, -0.1) is 0 Å². The molecular weight excluding hydrogens is 262 g/mol. The standard InChI is InChI=1S/C17H17N3O/c1-21-16-5-3-2-4-11(16)8-13-9-12-10-14(18)6-7-15(12)20-17(13)19/h2-7,9-10H,8,18H2,1H3,(H2,19,20). The number of nitrogens with two attached hydrogens (primary N) is 2. The predicted octanol–water partition coefficient (Wildman–Crippen LogP) is 3.00. The molecule has 0 radical (unpaired) electrons. The van der Waals surface area contributed by atoms with Crippen molar-refractivity contribution in [2.45, 2.75) is 6.42 Å². The topological polar surface area (TPSA) is 74.2 Å². The van der Waals surface area contributed by atoms with Gasteiger partial charge in [-0.1, -0.05) is 18.2 Å². The van der Waals surface area contributed by atoms with Gasteiger partial charge in [0.25, 0.3) is 0 Å². The van der Waals surface area contributed by atoms with Crippen LogP contribution in [-0.4, -0.2) is 12.1 Å². The van der Waals surface area contributed by atoms with E-state index in [4.69, 9.17) is 16.2 Å². The van der Waals surface area contributed by atoms with Gasteiger partial charge in [0, 0.05) is 17.5 Å². The molecule has 1 aromatic heterocycles. The first-order chi connectivity index (χ1) is 10.2. The molecule has 106 valence electrons. The molecule has 4 N–H and O–H groups in total. The molecule has 0 atom stereocenters. The summed E-state index contributed by atoms with van der Waals surface area (Å²) in [5, 5.41) is 0.995. The van der Waals surface area contributed by atoms with Crippen LogP contribution >= 0.6 is 0 Å². The number of pyridine rings is 1. The summed E-state index contributed by atoms with van der Waals surface area (Å²) in [6.07, 6.45) is 0.674. The van der Waals surface area contributed by atoms with Crippen LogP contribution in [-0.2, 0) is 6.42 Å². The lowest BCUT2D eigenvalue weighted by Gasteiger charge is -2.11. The van der Waals surface area contributed by atoms with E-state index in [1.807, 2.05) is 48.5 Å². The highest BCUT2D eigenvalue weighted by atomic mass is 16.5. The summed E-state index contributed by atoms with van der Waals surface area (Å²) < 4.78 is 5.38. The Hall–Kier alpha value is -2.75. The average molecular weight is 279 g/mol. The van der Waals surface area contributed by atoms with Crippen molar-refractivity contribution in [2.24, 2.45) is 0 Å². The summed E-state index contributed by atoms with van der Waals surface area (Å²) in [5.41, 5.74) is 15.5. The van der Waals surface area contributed by atoms with Crippen molar-refractivity contribution in [3.05, 3.63) is 59.7 Å². The Morgan fingerprint density at radius 1 is 1.00 bits per heavy atom.